The highest BCUT2D eigenvalue weighted by Gasteiger charge is 2.32. The number of aromatic hydroxyl groups is 1. The third kappa shape index (κ3) is 2.70. The molecule has 0 unspecified atom stereocenters. The Kier molecular flexibility index (Phi) is 4.89. The molecule has 5 N–H and O–H groups in total. The van der Waals surface area contributed by atoms with Crippen molar-refractivity contribution in [3.63, 3.8) is 0 Å². The van der Waals surface area contributed by atoms with Crippen molar-refractivity contribution in [2.24, 2.45) is 5.73 Å². The number of rotatable bonds is 3. The second-order valence-corrected chi connectivity index (χ2v) is 3.40. The van der Waals surface area contributed by atoms with Crippen molar-refractivity contribution in [3.8, 4) is 5.75 Å². The number of phenolic OH excluding ortho intramolecular Hbond substituents is 1. The number of aliphatic hydroxyl groups is 2. The molecule has 0 aromatic heterocycles. The van der Waals surface area contributed by atoms with Crippen molar-refractivity contribution >= 4 is 18.7 Å². The fourth-order valence-electron chi connectivity index (χ4n) is 1.17. The van der Waals surface area contributed by atoms with Gasteiger partial charge in [0.15, 0.2) is 5.72 Å². The minimum Gasteiger partial charge on any atom is -0.508 e. The van der Waals surface area contributed by atoms with Crippen LogP contribution >= 0.6 is 12.4 Å². The van der Waals surface area contributed by atoms with Crippen LogP contribution in [0.2, 0.25) is 0 Å². The Bertz CT molecular complexity index is 379. The molecule has 0 fully saturated rings. The van der Waals surface area contributed by atoms with Crippen LogP contribution in [-0.4, -0.2) is 27.7 Å². The number of halogens is 1. The van der Waals surface area contributed by atoms with Crippen molar-refractivity contribution < 1.29 is 20.1 Å². The molecule has 5 nitrogen and oxygen atoms in total. The molecule has 0 aliphatic heterocycles. The highest BCUT2D eigenvalue weighted by Crippen LogP contribution is 2.28. The normalized spacial score (nSPS) is 15.8. The van der Waals surface area contributed by atoms with Crippen molar-refractivity contribution in [1.29, 1.82) is 0 Å². The number of hydrogen-bond donors (Lipinski definition) is 4. The van der Waals surface area contributed by atoms with E-state index in [-0.39, 0.29) is 29.3 Å². The smallest absolute Gasteiger partial charge is 0.169 e. The molecule has 0 bridgehead atoms. The van der Waals surface area contributed by atoms with Gasteiger partial charge in [0, 0.05) is 11.1 Å². The molecule has 1 aromatic carbocycles. The van der Waals surface area contributed by atoms with Gasteiger partial charge in [-0.1, -0.05) is 0 Å². The molecule has 16 heavy (non-hydrogen) atoms. The Morgan fingerprint density at radius 2 is 2.06 bits per heavy atom. The highest BCUT2D eigenvalue weighted by molar-refractivity contribution is 5.85. The van der Waals surface area contributed by atoms with Crippen molar-refractivity contribution in [1.82, 2.24) is 0 Å². The van der Waals surface area contributed by atoms with E-state index in [4.69, 9.17) is 5.73 Å². The van der Waals surface area contributed by atoms with E-state index in [1.807, 2.05) is 0 Å². The summed E-state index contributed by atoms with van der Waals surface area (Å²) in [7, 11) is 0. The van der Waals surface area contributed by atoms with Gasteiger partial charge < -0.3 is 15.3 Å². The summed E-state index contributed by atoms with van der Waals surface area (Å²) in [6.07, 6.45) is -0.716. The summed E-state index contributed by atoms with van der Waals surface area (Å²) in [5.74, 6) is -0.272. The zero-order valence-corrected chi connectivity index (χ0v) is 9.44. The van der Waals surface area contributed by atoms with Gasteiger partial charge in [0.25, 0.3) is 0 Å². The van der Waals surface area contributed by atoms with Crippen LogP contribution in [0.25, 0.3) is 0 Å². The van der Waals surface area contributed by atoms with E-state index in [0.29, 0.717) is 6.29 Å². The average Bonchev–Trinajstić information content (AvgIpc) is 2.18. The monoisotopic (exact) mass is 247 g/mol. The summed E-state index contributed by atoms with van der Waals surface area (Å²) in [6, 6.07) is 3.85. The van der Waals surface area contributed by atoms with Crippen LogP contribution in [0.3, 0.4) is 0 Å². The van der Waals surface area contributed by atoms with Crippen LogP contribution in [0.15, 0.2) is 18.2 Å². The lowest BCUT2D eigenvalue weighted by Crippen LogP contribution is -2.46. The van der Waals surface area contributed by atoms with Gasteiger partial charge in [-0.25, -0.2) is 0 Å². The number of carbonyl (C=O) groups is 1. The van der Waals surface area contributed by atoms with Gasteiger partial charge in [0.2, 0.25) is 0 Å². The number of benzene rings is 1. The fourth-order valence-corrected chi connectivity index (χ4v) is 1.17. The molecule has 6 heteroatoms. The highest BCUT2D eigenvalue weighted by atomic mass is 35.5. The molecule has 0 aliphatic carbocycles. The molecular formula is C10H14ClNO4. The topological polar surface area (TPSA) is 104 Å². The molecule has 1 aromatic rings. The third-order valence-electron chi connectivity index (χ3n) is 2.23. The lowest BCUT2D eigenvalue weighted by Gasteiger charge is -2.27. The van der Waals surface area contributed by atoms with Crippen LogP contribution in [0.5, 0.6) is 5.75 Å². The number of nitrogens with two attached hydrogens (primary N) is 1. The van der Waals surface area contributed by atoms with Crippen LogP contribution < -0.4 is 5.73 Å². The number of aldehydes is 1. The maximum atomic E-state index is 10.5. The maximum absolute atomic E-state index is 10.5. The lowest BCUT2D eigenvalue weighted by molar-refractivity contribution is -0.0682. The van der Waals surface area contributed by atoms with Crippen LogP contribution in [0.1, 0.15) is 22.8 Å². The molecule has 0 radical (unpaired) electrons. The van der Waals surface area contributed by atoms with Crippen molar-refractivity contribution in [2.45, 2.75) is 18.8 Å². The largest absolute Gasteiger partial charge is 0.508 e. The quantitative estimate of drug-likeness (QED) is 0.448. The number of aliphatic hydroxyl groups excluding tert-OH is 1. The molecule has 90 valence electrons. The first-order valence-corrected chi connectivity index (χ1v) is 4.37. The van der Waals surface area contributed by atoms with E-state index in [1.54, 1.807) is 0 Å². The molecule has 0 saturated heterocycles. The Morgan fingerprint density at radius 3 is 2.50 bits per heavy atom. The maximum Gasteiger partial charge on any atom is 0.169 e. The second kappa shape index (κ2) is 5.27. The third-order valence-corrected chi connectivity index (χ3v) is 2.23. The van der Waals surface area contributed by atoms with Gasteiger partial charge in [-0.2, -0.15) is 0 Å². The molecule has 0 spiro atoms. The van der Waals surface area contributed by atoms with Crippen LogP contribution in [0, 0.1) is 0 Å². The molecule has 0 saturated carbocycles. The van der Waals surface area contributed by atoms with E-state index in [9.17, 15) is 20.1 Å². The Morgan fingerprint density at radius 1 is 1.50 bits per heavy atom. The van der Waals surface area contributed by atoms with Crippen molar-refractivity contribution in [3.05, 3.63) is 29.3 Å². The summed E-state index contributed by atoms with van der Waals surface area (Å²) in [5.41, 5.74) is 3.53. The predicted molar refractivity (Wildman–Crippen MR) is 60.5 cm³/mol. The van der Waals surface area contributed by atoms with Gasteiger partial charge in [0.05, 0.1) is 6.10 Å². The Labute approximate surface area is 98.9 Å². The summed E-state index contributed by atoms with van der Waals surface area (Å²) < 4.78 is 0. The molecule has 1 rings (SSSR count). The van der Waals surface area contributed by atoms with E-state index in [1.165, 1.54) is 25.1 Å². The first-order chi connectivity index (χ1) is 6.89. The summed E-state index contributed by atoms with van der Waals surface area (Å²) in [4.78, 5) is 10.5. The first-order valence-electron chi connectivity index (χ1n) is 4.37. The average molecular weight is 248 g/mol. The lowest BCUT2D eigenvalue weighted by atomic mass is 9.96. The Hall–Kier alpha value is -1.14. The predicted octanol–water partition coefficient (Wildman–Crippen LogP) is 0.111. The van der Waals surface area contributed by atoms with Crippen molar-refractivity contribution in [2.75, 3.05) is 0 Å². The molecule has 2 atom stereocenters. The minimum atomic E-state index is -2.08. The first kappa shape index (κ1) is 14.9. The summed E-state index contributed by atoms with van der Waals surface area (Å²) >= 11 is 0. The Balaban J connectivity index is 0.00000225. The number of phenols is 1. The van der Waals surface area contributed by atoms with E-state index >= 15 is 0 Å². The summed E-state index contributed by atoms with van der Waals surface area (Å²) in [6.45, 7) is 1.28. The fraction of sp³-hybridized carbons (Fsp3) is 0.300. The van der Waals surface area contributed by atoms with Gasteiger partial charge in [-0.3, -0.25) is 10.5 Å². The number of hydrogen-bond acceptors (Lipinski definition) is 5. The zero-order chi connectivity index (χ0) is 11.6. The van der Waals surface area contributed by atoms with Gasteiger partial charge in [-0.15, -0.1) is 12.4 Å². The molecule has 0 aliphatic rings. The van der Waals surface area contributed by atoms with Gasteiger partial charge in [0.1, 0.15) is 12.0 Å². The second-order valence-electron chi connectivity index (χ2n) is 3.40. The molecule has 0 heterocycles. The zero-order valence-electron chi connectivity index (χ0n) is 8.62. The van der Waals surface area contributed by atoms with Crippen LogP contribution in [-0.2, 0) is 5.72 Å². The SMILES string of the molecule is C[C@@H](O)[C@](N)(O)c1cc(C=O)ccc1O.Cl. The van der Waals surface area contributed by atoms with E-state index in [0.717, 1.165) is 0 Å². The standard InChI is InChI=1S/C10H13NO4.ClH/c1-6(13)10(11,15)8-4-7(5-12)2-3-9(8)14;/h2-6,13-15H,11H2,1H3;1H/t6-,10+;/m1./s1. The molecular weight excluding hydrogens is 234 g/mol. The van der Waals surface area contributed by atoms with Gasteiger partial charge in [-0.05, 0) is 25.1 Å². The van der Waals surface area contributed by atoms with E-state index in [2.05, 4.69) is 0 Å². The molecule has 0 amide bonds. The summed E-state index contributed by atoms with van der Waals surface area (Å²) in [5, 5.41) is 28.4. The minimum absolute atomic E-state index is 0. The van der Waals surface area contributed by atoms with E-state index < -0.39 is 11.8 Å². The van der Waals surface area contributed by atoms with Gasteiger partial charge >= 0.3 is 0 Å². The number of carbonyl (C=O) groups excluding carboxylic acids is 1. The van der Waals surface area contributed by atoms with Crippen LogP contribution in [0.4, 0.5) is 0 Å².